The highest BCUT2D eigenvalue weighted by atomic mass is 14.4. The van der Waals surface area contributed by atoms with Gasteiger partial charge in [0.2, 0.25) is 0 Å². The first-order chi connectivity index (χ1) is 23.1. The van der Waals surface area contributed by atoms with Gasteiger partial charge in [0.15, 0.2) is 0 Å². The molecule has 0 atom stereocenters. The van der Waals surface area contributed by atoms with Crippen molar-refractivity contribution < 1.29 is 0 Å². The Morgan fingerprint density at radius 3 is 1.74 bits per heavy atom. The Labute approximate surface area is 272 Å². The van der Waals surface area contributed by atoms with Crippen molar-refractivity contribution >= 4 is 43.1 Å². The molecule has 12 rings (SSSR count). The summed E-state index contributed by atoms with van der Waals surface area (Å²) in [6, 6.07) is 51.1. The Bertz CT molecular complexity index is 2890. The van der Waals surface area contributed by atoms with E-state index in [-0.39, 0.29) is 5.41 Å². The molecule has 3 aliphatic rings. The van der Waals surface area contributed by atoms with Gasteiger partial charge in [-0.15, -0.1) is 0 Å². The average Bonchev–Trinajstić information content (AvgIpc) is 3.69. The highest BCUT2D eigenvalue weighted by Crippen LogP contribution is 2.58. The van der Waals surface area contributed by atoms with Gasteiger partial charge in [-0.2, -0.15) is 0 Å². The van der Waals surface area contributed by atoms with E-state index in [2.05, 4.69) is 147 Å². The molecule has 0 unspecified atom stereocenters. The zero-order valence-corrected chi connectivity index (χ0v) is 26.2. The molecule has 216 valence electrons. The van der Waals surface area contributed by atoms with Crippen LogP contribution in [0.15, 0.2) is 133 Å². The molecule has 9 aromatic carbocycles. The van der Waals surface area contributed by atoms with Gasteiger partial charge in [0.05, 0.1) is 0 Å². The minimum atomic E-state index is -0.0171. The van der Waals surface area contributed by atoms with Gasteiger partial charge in [-0.25, -0.2) is 0 Å². The molecule has 0 aliphatic heterocycles. The molecule has 0 bridgehead atoms. The van der Waals surface area contributed by atoms with E-state index >= 15 is 0 Å². The summed E-state index contributed by atoms with van der Waals surface area (Å²) in [5.41, 5.74) is 19.1. The Morgan fingerprint density at radius 2 is 0.894 bits per heavy atom. The Morgan fingerprint density at radius 1 is 0.298 bits per heavy atom. The molecule has 3 aliphatic carbocycles. The van der Waals surface area contributed by atoms with Crippen LogP contribution in [0.1, 0.15) is 25.0 Å². The highest BCUT2D eigenvalue weighted by molar-refractivity contribution is 6.34. The third-order valence-electron chi connectivity index (χ3n) is 11.9. The zero-order chi connectivity index (χ0) is 30.8. The first kappa shape index (κ1) is 24.5. The minimum Gasteiger partial charge on any atom is -0.0619 e. The van der Waals surface area contributed by atoms with Crippen LogP contribution in [0.5, 0.6) is 0 Å². The molecule has 0 saturated heterocycles. The molecule has 0 aromatic heterocycles. The van der Waals surface area contributed by atoms with Gasteiger partial charge < -0.3 is 0 Å². The molecule has 0 saturated carbocycles. The summed E-state index contributed by atoms with van der Waals surface area (Å²) in [5.74, 6) is 0. The number of rotatable bonds is 1. The van der Waals surface area contributed by atoms with Crippen LogP contribution >= 0.6 is 0 Å². The fraction of sp³-hybridized carbons (Fsp3) is 0.0638. The lowest BCUT2D eigenvalue weighted by molar-refractivity contribution is 0.660. The second-order valence-corrected chi connectivity index (χ2v) is 14.4. The van der Waals surface area contributed by atoms with Crippen LogP contribution in [-0.4, -0.2) is 0 Å². The molecule has 0 fully saturated rings. The second-order valence-electron chi connectivity index (χ2n) is 14.4. The topological polar surface area (TPSA) is 0 Å². The molecule has 0 heteroatoms. The fourth-order valence-electron chi connectivity index (χ4n) is 9.82. The summed E-state index contributed by atoms with van der Waals surface area (Å²) >= 11 is 0. The fourth-order valence-corrected chi connectivity index (χ4v) is 9.82. The van der Waals surface area contributed by atoms with E-state index in [1.807, 2.05) is 0 Å². The van der Waals surface area contributed by atoms with Crippen molar-refractivity contribution in [1.82, 2.24) is 0 Å². The van der Waals surface area contributed by atoms with Gasteiger partial charge in [0.25, 0.3) is 0 Å². The van der Waals surface area contributed by atoms with E-state index in [1.165, 1.54) is 121 Å². The SMILES string of the molecule is CC1(C)c2ccccc2-c2cc3c(cc21)-c1ccc2ccc4c(-c5ccc6c7c(cccc57)-c5ccccc5-6)ccc5cc-3c1c2c54. The van der Waals surface area contributed by atoms with Gasteiger partial charge in [0.1, 0.15) is 0 Å². The van der Waals surface area contributed by atoms with Gasteiger partial charge in [-0.3, -0.25) is 0 Å². The van der Waals surface area contributed by atoms with Crippen molar-refractivity contribution in [2.24, 2.45) is 0 Å². The molecular formula is C47H28. The number of fused-ring (bicyclic) bond motifs is 9. The second kappa shape index (κ2) is 7.97. The molecule has 0 radical (unpaired) electrons. The monoisotopic (exact) mass is 592 g/mol. The van der Waals surface area contributed by atoms with Crippen LogP contribution < -0.4 is 0 Å². The van der Waals surface area contributed by atoms with E-state index in [9.17, 15) is 0 Å². The predicted molar refractivity (Wildman–Crippen MR) is 200 cm³/mol. The van der Waals surface area contributed by atoms with Crippen LogP contribution in [-0.2, 0) is 5.41 Å². The standard InChI is InChI=1S/C47H28/c1-47(2)41-13-6-5-10-31(41)39-23-37-38(24-42(39)47)36-19-15-25-14-18-34-29(17-16-26-22-40(37)46(36)44(25)43(26)34)30-20-21-35-28-9-4-3-8-27(28)32-11-7-12-33(30)45(32)35/h3-24H,1-2H3. The lowest BCUT2D eigenvalue weighted by atomic mass is 9.81. The summed E-state index contributed by atoms with van der Waals surface area (Å²) < 4.78 is 0. The van der Waals surface area contributed by atoms with Crippen molar-refractivity contribution in [3.05, 3.63) is 145 Å². The van der Waals surface area contributed by atoms with Gasteiger partial charge in [-0.1, -0.05) is 129 Å². The summed E-state index contributed by atoms with van der Waals surface area (Å²) in [5, 5.41) is 10.9. The summed E-state index contributed by atoms with van der Waals surface area (Å²) in [4.78, 5) is 0. The molecule has 0 nitrogen and oxygen atoms in total. The predicted octanol–water partition coefficient (Wildman–Crippen LogP) is 13.0. The van der Waals surface area contributed by atoms with Crippen LogP contribution in [0.3, 0.4) is 0 Å². The highest BCUT2D eigenvalue weighted by Gasteiger charge is 2.37. The molecule has 9 aromatic rings. The Hall–Kier alpha value is -5.72. The third-order valence-corrected chi connectivity index (χ3v) is 11.9. The lowest BCUT2D eigenvalue weighted by Crippen LogP contribution is -2.14. The number of hydrogen-bond acceptors (Lipinski definition) is 0. The average molecular weight is 593 g/mol. The van der Waals surface area contributed by atoms with E-state index in [0.717, 1.165) is 0 Å². The summed E-state index contributed by atoms with van der Waals surface area (Å²) in [7, 11) is 0. The maximum atomic E-state index is 2.52. The zero-order valence-electron chi connectivity index (χ0n) is 26.2. The van der Waals surface area contributed by atoms with Crippen molar-refractivity contribution in [3.63, 3.8) is 0 Å². The first-order valence-corrected chi connectivity index (χ1v) is 16.8. The van der Waals surface area contributed by atoms with E-state index in [1.54, 1.807) is 0 Å². The van der Waals surface area contributed by atoms with Crippen LogP contribution in [0.25, 0.3) is 110 Å². The van der Waals surface area contributed by atoms with Crippen molar-refractivity contribution in [1.29, 1.82) is 0 Å². The number of hydrogen-bond donors (Lipinski definition) is 0. The smallest absolute Gasteiger partial charge is 0.0159 e. The molecule has 0 N–H and O–H groups in total. The largest absolute Gasteiger partial charge is 0.0619 e. The summed E-state index contributed by atoms with van der Waals surface area (Å²) in [6.07, 6.45) is 0. The minimum absolute atomic E-state index is 0.0171. The third kappa shape index (κ3) is 2.76. The van der Waals surface area contributed by atoms with Crippen LogP contribution in [0, 0.1) is 0 Å². The summed E-state index contributed by atoms with van der Waals surface area (Å²) in [6.45, 7) is 4.77. The maximum absolute atomic E-state index is 2.52. The molecule has 0 amide bonds. The van der Waals surface area contributed by atoms with Crippen molar-refractivity contribution in [2.45, 2.75) is 19.3 Å². The van der Waals surface area contributed by atoms with Crippen LogP contribution in [0.2, 0.25) is 0 Å². The maximum Gasteiger partial charge on any atom is 0.0159 e. The van der Waals surface area contributed by atoms with E-state index < -0.39 is 0 Å². The van der Waals surface area contributed by atoms with Gasteiger partial charge in [-0.05, 0) is 139 Å². The molecule has 0 spiro atoms. The van der Waals surface area contributed by atoms with Crippen molar-refractivity contribution in [3.8, 4) is 66.8 Å². The Balaban J connectivity index is 1.14. The lowest BCUT2D eigenvalue weighted by Gasteiger charge is -2.22. The number of benzene rings is 9. The quantitative estimate of drug-likeness (QED) is 0.166. The van der Waals surface area contributed by atoms with E-state index in [0.29, 0.717) is 0 Å². The molecule has 0 heterocycles. The van der Waals surface area contributed by atoms with Crippen LogP contribution in [0.4, 0.5) is 0 Å². The molecular weight excluding hydrogens is 565 g/mol. The normalized spacial score (nSPS) is 14.3. The molecule has 47 heavy (non-hydrogen) atoms. The van der Waals surface area contributed by atoms with E-state index in [4.69, 9.17) is 0 Å². The van der Waals surface area contributed by atoms with Gasteiger partial charge in [0, 0.05) is 5.41 Å². The first-order valence-electron chi connectivity index (χ1n) is 16.8. The van der Waals surface area contributed by atoms with Gasteiger partial charge >= 0.3 is 0 Å². The van der Waals surface area contributed by atoms with Crippen molar-refractivity contribution in [2.75, 3.05) is 0 Å². The Kier molecular flexibility index (Phi) is 4.16.